The number of rotatable bonds is 4. The van der Waals surface area contributed by atoms with Gasteiger partial charge in [0.2, 0.25) is 0 Å². The molecule has 0 saturated carbocycles. The molecule has 2 atom stereocenters. The average Bonchev–Trinajstić information content (AvgIpc) is 2.65. The fraction of sp³-hybridized carbons (Fsp3) is 0.875. The zero-order chi connectivity index (χ0) is 7.61. The molecule has 1 aliphatic heterocycles. The van der Waals surface area contributed by atoms with E-state index in [0.717, 1.165) is 25.5 Å². The van der Waals surface area contributed by atoms with Gasteiger partial charge in [0, 0.05) is 0 Å². The van der Waals surface area contributed by atoms with Crippen LogP contribution in [0.5, 0.6) is 0 Å². The Morgan fingerprint density at radius 1 is 1.60 bits per heavy atom. The molecule has 2 heteroatoms. The number of carbonyl (C=O) groups is 1. The third-order valence-corrected chi connectivity index (χ3v) is 2.15. The maximum Gasteiger partial charge on any atom is 0.154 e. The van der Waals surface area contributed by atoms with Crippen molar-refractivity contribution in [2.45, 2.75) is 44.8 Å². The summed E-state index contributed by atoms with van der Waals surface area (Å²) >= 11 is 0. The van der Waals surface area contributed by atoms with Crippen molar-refractivity contribution >= 4 is 6.29 Å². The van der Waals surface area contributed by atoms with Crippen LogP contribution in [0.1, 0.15) is 33.1 Å². The van der Waals surface area contributed by atoms with Gasteiger partial charge in [0.25, 0.3) is 0 Å². The molecule has 58 valence electrons. The van der Waals surface area contributed by atoms with E-state index < -0.39 is 0 Å². The van der Waals surface area contributed by atoms with Crippen molar-refractivity contribution in [3.05, 3.63) is 0 Å². The van der Waals surface area contributed by atoms with Crippen molar-refractivity contribution in [3.63, 3.8) is 0 Å². The summed E-state index contributed by atoms with van der Waals surface area (Å²) < 4.78 is 5.28. The van der Waals surface area contributed by atoms with Crippen LogP contribution in [0.15, 0.2) is 0 Å². The summed E-state index contributed by atoms with van der Waals surface area (Å²) in [5, 5.41) is 0. The van der Waals surface area contributed by atoms with E-state index in [1.165, 1.54) is 0 Å². The van der Waals surface area contributed by atoms with Crippen molar-refractivity contribution in [1.82, 2.24) is 0 Å². The molecular weight excluding hydrogens is 128 g/mol. The van der Waals surface area contributed by atoms with Gasteiger partial charge in [-0.2, -0.15) is 0 Å². The fourth-order valence-electron chi connectivity index (χ4n) is 1.29. The molecule has 0 N–H and O–H groups in total. The van der Waals surface area contributed by atoms with E-state index in [9.17, 15) is 4.79 Å². The number of hydrogen-bond donors (Lipinski definition) is 0. The van der Waals surface area contributed by atoms with Gasteiger partial charge in [-0.25, -0.2) is 0 Å². The normalized spacial score (nSPS) is 37.6. The molecule has 0 amide bonds. The first-order valence-corrected chi connectivity index (χ1v) is 3.93. The van der Waals surface area contributed by atoms with Crippen molar-refractivity contribution in [1.29, 1.82) is 0 Å². The van der Waals surface area contributed by atoms with Crippen LogP contribution in [-0.2, 0) is 9.53 Å². The summed E-state index contributed by atoms with van der Waals surface area (Å²) in [6.07, 6.45) is 4.11. The number of epoxide rings is 1. The lowest BCUT2D eigenvalue weighted by molar-refractivity contribution is -0.112. The Morgan fingerprint density at radius 3 is 2.60 bits per heavy atom. The third-order valence-electron chi connectivity index (χ3n) is 2.15. The minimum absolute atomic E-state index is 0.222. The maximum atomic E-state index is 10.5. The summed E-state index contributed by atoms with van der Waals surface area (Å²) in [6, 6.07) is 0. The first-order valence-electron chi connectivity index (χ1n) is 3.93. The zero-order valence-electron chi connectivity index (χ0n) is 6.59. The second-order valence-corrected chi connectivity index (χ2v) is 2.82. The van der Waals surface area contributed by atoms with E-state index in [4.69, 9.17) is 4.74 Å². The van der Waals surface area contributed by atoms with Gasteiger partial charge in [-0.05, 0) is 12.8 Å². The van der Waals surface area contributed by atoms with E-state index in [1.54, 1.807) is 0 Å². The summed E-state index contributed by atoms with van der Waals surface area (Å²) in [7, 11) is 0. The molecule has 0 spiro atoms. The molecule has 1 aliphatic rings. The molecule has 1 heterocycles. The molecule has 1 fully saturated rings. The van der Waals surface area contributed by atoms with Crippen molar-refractivity contribution in [3.8, 4) is 0 Å². The summed E-state index contributed by atoms with van der Waals surface area (Å²) in [5.74, 6) is 0. The van der Waals surface area contributed by atoms with E-state index in [-0.39, 0.29) is 11.7 Å². The van der Waals surface area contributed by atoms with Gasteiger partial charge in [-0.1, -0.05) is 20.3 Å². The third kappa shape index (κ3) is 1.08. The highest BCUT2D eigenvalue weighted by atomic mass is 16.6. The minimum Gasteiger partial charge on any atom is -0.358 e. The highest BCUT2D eigenvalue weighted by Crippen LogP contribution is 2.40. The van der Waals surface area contributed by atoms with Gasteiger partial charge < -0.3 is 9.53 Å². The highest BCUT2D eigenvalue weighted by molar-refractivity contribution is 5.67. The van der Waals surface area contributed by atoms with Crippen LogP contribution in [0.4, 0.5) is 0 Å². The second-order valence-electron chi connectivity index (χ2n) is 2.82. The predicted octanol–water partition coefficient (Wildman–Crippen LogP) is 1.53. The first-order chi connectivity index (χ1) is 4.79. The quantitative estimate of drug-likeness (QED) is 0.440. The molecule has 2 nitrogen and oxygen atoms in total. The predicted molar refractivity (Wildman–Crippen MR) is 38.9 cm³/mol. The standard InChI is InChI=1S/C8H14O2/c1-3-5-7-8(4-2,6-9)10-7/h6-7H,3-5H2,1-2H3. The topological polar surface area (TPSA) is 29.6 Å². The lowest BCUT2D eigenvalue weighted by Crippen LogP contribution is -2.15. The molecule has 1 rings (SSSR count). The highest BCUT2D eigenvalue weighted by Gasteiger charge is 2.54. The zero-order valence-corrected chi connectivity index (χ0v) is 6.59. The Morgan fingerprint density at radius 2 is 2.30 bits per heavy atom. The van der Waals surface area contributed by atoms with Crippen LogP contribution in [0.2, 0.25) is 0 Å². The smallest absolute Gasteiger partial charge is 0.154 e. The van der Waals surface area contributed by atoms with E-state index in [0.29, 0.717) is 0 Å². The Balaban J connectivity index is 2.37. The average molecular weight is 142 g/mol. The summed E-state index contributed by atoms with van der Waals surface area (Å²) in [5.41, 5.74) is -0.379. The molecule has 0 aromatic rings. The van der Waals surface area contributed by atoms with E-state index in [1.807, 2.05) is 6.92 Å². The van der Waals surface area contributed by atoms with Gasteiger partial charge in [0.15, 0.2) is 6.29 Å². The molecule has 0 aromatic heterocycles. The molecular formula is C8H14O2. The number of ether oxygens (including phenoxy) is 1. The van der Waals surface area contributed by atoms with Gasteiger partial charge in [-0.3, -0.25) is 0 Å². The largest absolute Gasteiger partial charge is 0.358 e. The summed E-state index contributed by atoms with van der Waals surface area (Å²) in [6.45, 7) is 4.09. The molecule has 2 unspecified atom stereocenters. The number of hydrogen-bond acceptors (Lipinski definition) is 2. The Hall–Kier alpha value is -0.370. The van der Waals surface area contributed by atoms with Crippen molar-refractivity contribution in [2.24, 2.45) is 0 Å². The Labute approximate surface area is 61.6 Å². The van der Waals surface area contributed by atoms with E-state index >= 15 is 0 Å². The Bertz CT molecular complexity index is 133. The van der Waals surface area contributed by atoms with Crippen molar-refractivity contribution in [2.75, 3.05) is 0 Å². The van der Waals surface area contributed by atoms with E-state index in [2.05, 4.69) is 6.92 Å². The van der Waals surface area contributed by atoms with Crippen LogP contribution < -0.4 is 0 Å². The van der Waals surface area contributed by atoms with Gasteiger partial charge in [-0.15, -0.1) is 0 Å². The molecule has 0 radical (unpaired) electrons. The lowest BCUT2D eigenvalue weighted by atomic mass is 10.0. The molecule has 10 heavy (non-hydrogen) atoms. The van der Waals surface area contributed by atoms with Crippen LogP contribution in [0, 0.1) is 0 Å². The fourth-order valence-corrected chi connectivity index (χ4v) is 1.29. The summed E-state index contributed by atoms with van der Waals surface area (Å²) in [4.78, 5) is 10.5. The molecule has 1 saturated heterocycles. The first kappa shape index (κ1) is 7.73. The maximum absolute atomic E-state index is 10.5. The van der Waals surface area contributed by atoms with Crippen LogP contribution in [0.3, 0.4) is 0 Å². The number of carbonyl (C=O) groups excluding carboxylic acids is 1. The lowest BCUT2D eigenvalue weighted by Gasteiger charge is -1.96. The monoisotopic (exact) mass is 142 g/mol. The minimum atomic E-state index is -0.379. The van der Waals surface area contributed by atoms with Crippen molar-refractivity contribution < 1.29 is 9.53 Å². The second kappa shape index (κ2) is 2.70. The molecule has 0 aromatic carbocycles. The van der Waals surface area contributed by atoms with Gasteiger partial charge >= 0.3 is 0 Å². The van der Waals surface area contributed by atoms with Gasteiger partial charge in [0.05, 0.1) is 6.10 Å². The molecule has 0 bridgehead atoms. The van der Waals surface area contributed by atoms with Crippen LogP contribution in [-0.4, -0.2) is 18.0 Å². The molecule has 0 aliphatic carbocycles. The van der Waals surface area contributed by atoms with Gasteiger partial charge in [0.1, 0.15) is 5.60 Å². The Kier molecular flexibility index (Phi) is 2.09. The van der Waals surface area contributed by atoms with Crippen LogP contribution in [0.25, 0.3) is 0 Å². The number of aldehydes is 1. The van der Waals surface area contributed by atoms with Crippen LogP contribution >= 0.6 is 0 Å². The SMILES string of the molecule is CCCC1OC1(C=O)CC.